The summed E-state index contributed by atoms with van der Waals surface area (Å²) in [4.78, 5) is 13.4. The maximum atomic E-state index is 4.42. The minimum Gasteiger partial charge on any atom is -0.368 e. The lowest BCUT2D eigenvalue weighted by molar-refractivity contribution is 0.638. The Morgan fingerprint density at radius 2 is 1.74 bits per heavy atom. The summed E-state index contributed by atoms with van der Waals surface area (Å²) in [7, 11) is 0. The van der Waals surface area contributed by atoms with E-state index >= 15 is 0 Å². The second-order valence-corrected chi connectivity index (χ2v) is 6.04. The number of fused-ring (bicyclic) bond motifs is 1. The van der Waals surface area contributed by atoms with Gasteiger partial charge in [0.25, 0.3) is 5.78 Å². The Kier molecular flexibility index (Phi) is 3.37. The average Bonchev–Trinajstić information content (AvgIpc) is 3.02. The lowest BCUT2D eigenvalue weighted by Crippen LogP contribution is -2.47. The van der Waals surface area contributed by atoms with E-state index in [1.54, 1.807) is 6.33 Å². The van der Waals surface area contributed by atoms with Gasteiger partial charge >= 0.3 is 0 Å². The van der Waals surface area contributed by atoms with Crippen LogP contribution in [0.3, 0.4) is 0 Å². The van der Waals surface area contributed by atoms with Crippen LogP contribution in [0.5, 0.6) is 0 Å². The molecule has 0 radical (unpaired) electrons. The summed E-state index contributed by atoms with van der Waals surface area (Å²) in [5, 5.41) is 4.31. The van der Waals surface area contributed by atoms with Crippen LogP contribution in [0.2, 0.25) is 0 Å². The van der Waals surface area contributed by atoms with Crippen molar-refractivity contribution < 1.29 is 0 Å². The molecule has 23 heavy (non-hydrogen) atoms. The van der Waals surface area contributed by atoms with Gasteiger partial charge in [-0.3, -0.25) is 0 Å². The van der Waals surface area contributed by atoms with Crippen molar-refractivity contribution in [1.82, 2.24) is 19.6 Å². The Morgan fingerprint density at radius 1 is 0.957 bits per heavy atom. The molecule has 6 heteroatoms. The van der Waals surface area contributed by atoms with Crippen molar-refractivity contribution in [3.63, 3.8) is 0 Å². The third-order valence-electron chi connectivity index (χ3n) is 4.33. The van der Waals surface area contributed by atoms with E-state index in [4.69, 9.17) is 0 Å². The Balaban J connectivity index is 1.56. The van der Waals surface area contributed by atoms with Crippen LogP contribution in [0.1, 0.15) is 11.3 Å². The maximum Gasteiger partial charge on any atom is 0.254 e. The molecule has 1 saturated heterocycles. The summed E-state index contributed by atoms with van der Waals surface area (Å²) in [6.07, 6.45) is 1.56. The Hall–Kier alpha value is -2.63. The molecule has 0 unspecified atom stereocenters. The topological polar surface area (TPSA) is 49.6 Å². The van der Waals surface area contributed by atoms with Gasteiger partial charge in [-0.25, -0.2) is 4.98 Å². The first-order chi connectivity index (χ1) is 11.2. The smallest absolute Gasteiger partial charge is 0.254 e. The highest BCUT2D eigenvalue weighted by Gasteiger charge is 2.20. The summed E-state index contributed by atoms with van der Waals surface area (Å²) < 4.78 is 1.83. The number of hydrogen-bond acceptors (Lipinski definition) is 5. The number of nitrogens with zero attached hydrogens (tertiary/aromatic N) is 6. The van der Waals surface area contributed by atoms with Crippen LogP contribution in [0.15, 0.2) is 36.7 Å². The fourth-order valence-electron chi connectivity index (χ4n) is 3.15. The van der Waals surface area contributed by atoms with Crippen molar-refractivity contribution in [3.05, 3.63) is 47.9 Å². The lowest BCUT2D eigenvalue weighted by Gasteiger charge is -2.37. The number of rotatable bonds is 2. The van der Waals surface area contributed by atoms with Crippen molar-refractivity contribution in [2.75, 3.05) is 36.0 Å². The molecule has 2 aromatic heterocycles. The van der Waals surface area contributed by atoms with Gasteiger partial charge in [-0.15, -0.1) is 0 Å². The van der Waals surface area contributed by atoms with Crippen molar-refractivity contribution in [2.24, 2.45) is 0 Å². The van der Waals surface area contributed by atoms with Gasteiger partial charge in [0.1, 0.15) is 12.1 Å². The molecular formula is C17H20N6. The van der Waals surface area contributed by atoms with E-state index in [2.05, 4.69) is 62.1 Å². The van der Waals surface area contributed by atoms with E-state index in [9.17, 15) is 0 Å². The Morgan fingerprint density at radius 3 is 2.52 bits per heavy atom. The maximum absolute atomic E-state index is 4.42. The highest BCUT2D eigenvalue weighted by Crippen LogP contribution is 2.21. The predicted molar refractivity (Wildman–Crippen MR) is 91.1 cm³/mol. The van der Waals surface area contributed by atoms with Crippen LogP contribution in [-0.2, 0) is 0 Å². The molecule has 6 nitrogen and oxygen atoms in total. The van der Waals surface area contributed by atoms with E-state index in [0.717, 1.165) is 37.7 Å². The Labute approximate surface area is 135 Å². The van der Waals surface area contributed by atoms with Crippen LogP contribution in [-0.4, -0.2) is 45.8 Å². The fourth-order valence-corrected chi connectivity index (χ4v) is 3.15. The summed E-state index contributed by atoms with van der Waals surface area (Å²) in [5.74, 6) is 1.75. The standard InChI is InChI=1S/C17H20N6/c1-13-4-3-5-15(10-13)21-6-8-22(9-7-21)16-11-14(2)20-17-18-12-19-23(16)17/h3-5,10-12H,6-9H2,1-2H3. The second-order valence-electron chi connectivity index (χ2n) is 6.04. The third kappa shape index (κ3) is 2.60. The summed E-state index contributed by atoms with van der Waals surface area (Å²) in [5.41, 5.74) is 3.59. The molecule has 0 amide bonds. The molecule has 1 aliphatic heterocycles. The van der Waals surface area contributed by atoms with Gasteiger partial charge < -0.3 is 9.80 Å². The van der Waals surface area contributed by atoms with Crippen molar-refractivity contribution >= 4 is 17.3 Å². The van der Waals surface area contributed by atoms with Crippen LogP contribution < -0.4 is 9.80 Å². The summed E-state index contributed by atoms with van der Waals surface area (Å²) in [6.45, 7) is 8.07. The van der Waals surface area contributed by atoms with E-state index in [-0.39, 0.29) is 0 Å². The van der Waals surface area contributed by atoms with Gasteiger partial charge in [-0.1, -0.05) is 12.1 Å². The first-order valence-electron chi connectivity index (χ1n) is 7.95. The zero-order valence-corrected chi connectivity index (χ0v) is 13.5. The zero-order valence-electron chi connectivity index (χ0n) is 13.5. The van der Waals surface area contributed by atoms with Gasteiger partial charge in [0, 0.05) is 43.6 Å². The van der Waals surface area contributed by atoms with Crippen LogP contribution >= 0.6 is 0 Å². The molecule has 0 aliphatic carbocycles. The molecule has 1 fully saturated rings. The highest BCUT2D eigenvalue weighted by molar-refractivity contribution is 5.52. The number of piperazine rings is 1. The van der Waals surface area contributed by atoms with E-state index in [1.807, 2.05) is 11.4 Å². The molecule has 1 aliphatic rings. The van der Waals surface area contributed by atoms with Gasteiger partial charge in [-0.05, 0) is 31.5 Å². The van der Waals surface area contributed by atoms with E-state index in [1.165, 1.54) is 11.3 Å². The molecule has 1 aromatic carbocycles. The SMILES string of the molecule is Cc1cccc(N2CCN(c3cc(C)nc4ncnn34)CC2)c1. The van der Waals surface area contributed by atoms with Crippen LogP contribution in [0.4, 0.5) is 11.5 Å². The number of aryl methyl sites for hydroxylation is 2. The molecule has 0 saturated carbocycles. The molecule has 0 bridgehead atoms. The quantitative estimate of drug-likeness (QED) is 0.725. The summed E-state index contributed by atoms with van der Waals surface area (Å²) >= 11 is 0. The minimum atomic E-state index is 0.668. The van der Waals surface area contributed by atoms with Gasteiger partial charge in [0.2, 0.25) is 0 Å². The van der Waals surface area contributed by atoms with E-state index < -0.39 is 0 Å². The number of benzene rings is 1. The number of anilines is 2. The molecule has 0 N–H and O–H groups in total. The van der Waals surface area contributed by atoms with Crippen LogP contribution in [0.25, 0.3) is 5.78 Å². The number of hydrogen-bond donors (Lipinski definition) is 0. The average molecular weight is 308 g/mol. The molecular weight excluding hydrogens is 288 g/mol. The third-order valence-corrected chi connectivity index (χ3v) is 4.33. The predicted octanol–water partition coefficient (Wildman–Crippen LogP) is 2.07. The molecule has 118 valence electrons. The first kappa shape index (κ1) is 14.0. The van der Waals surface area contributed by atoms with Gasteiger partial charge in [0.15, 0.2) is 0 Å². The normalized spacial score (nSPS) is 15.4. The monoisotopic (exact) mass is 308 g/mol. The molecule has 3 aromatic rings. The van der Waals surface area contributed by atoms with E-state index in [0.29, 0.717) is 5.78 Å². The lowest BCUT2D eigenvalue weighted by atomic mass is 10.2. The van der Waals surface area contributed by atoms with Crippen molar-refractivity contribution in [1.29, 1.82) is 0 Å². The summed E-state index contributed by atoms with van der Waals surface area (Å²) in [6, 6.07) is 10.8. The number of aromatic nitrogens is 4. The van der Waals surface area contributed by atoms with Crippen molar-refractivity contribution in [3.8, 4) is 0 Å². The minimum absolute atomic E-state index is 0.668. The molecule has 4 rings (SSSR count). The molecule has 0 spiro atoms. The van der Waals surface area contributed by atoms with Crippen molar-refractivity contribution in [2.45, 2.75) is 13.8 Å². The highest BCUT2D eigenvalue weighted by atomic mass is 15.4. The largest absolute Gasteiger partial charge is 0.368 e. The zero-order chi connectivity index (χ0) is 15.8. The van der Waals surface area contributed by atoms with Gasteiger partial charge in [-0.2, -0.15) is 14.6 Å². The van der Waals surface area contributed by atoms with Crippen LogP contribution in [0, 0.1) is 13.8 Å². The second kappa shape index (κ2) is 5.53. The molecule has 0 atom stereocenters. The Bertz CT molecular complexity index is 832. The first-order valence-corrected chi connectivity index (χ1v) is 7.95. The van der Waals surface area contributed by atoms with Gasteiger partial charge in [0.05, 0.1) is 0 Å². The fraction of sp³-hybridized carbons (Fsp3) is 0.353. The molecule has 3 heterocycles.